The van der Waals surface area contributed by atoms with E-state index in [-0.39, 0.29) is 12.4 Å². The number of hydrogen-bond acceptors (Lipinski definition) is 4. The highest BCUT2D eigenvalue weighted by Gasteiger charge is 2.02. The van der Waals surface area contributed by atoms with Crippen molar-refractivity contribution in [3.8, 4) is 11.5 Å². The molecule has 0 aliphatic rings. The van der Waals surface area contributed by atoms with Crippen LogP contribution in [0.25, 0.3) is 0 Å². The predicted molar refractivity (Wildman–Crippen MR) is 88.5 cm³/mol. The first-order valence-electron chi connectivity index (χ1n) is 6.23. The van der Waals surface area contributed by atoms with Gasteiger partial charge in [0.1, 0.15) is 11.5 Å². The number of ether oxygens (including phenoxy) is 1. The molecule has 2 rings (SSSR count). The zero-order valence-corrected chi connectivity index (χ0v) is 13.6. The highest BCUT2D eigenvalue weighted by atomic mass is 79.9. The Morgan fingerprint density at radius 1 is 1.32 bits per heavy atom. The first-order chi connectivity index (χ1) is 10.5. The lowest BCUT2D eigenvalue weighted by Gasteiger charge is -2.05. The number of hydrogen-bond donors (Lipinski definition) is 2. The molecule has 2 aromatic carbocycles. The molecule has 2 aromatic rings. The van der Waals surface area contributed by atoms with E-state index in [1.165, 1.54) is 12.3 Å². The summed E-state index contributed by atoms with van der Waals surface area (Å²) >= 11 is 9.03. The number of aromatic hydroxyl groups is 1. The quantitative estimate of drug-likeness (QED) is 0.614. The molecule has 7 heteroatoms. The Morgan fingerprint density at radius 3 is 2.77 bits per heavy atom. The molecule has 0 bridgehead atoms. The van der Waals surface area contributed by atoms with Crippen molar-refractivity contribution < 1.29 is 14.6 Å². The molecule has 0 aliphatic heterocycles. The zero-order chi connectivity index (χ0) is 15.9. The Hall–Kier alpha value is -2.05. The molecule has 1 amide bonds. The van der Waals surface area contributed by atoms with Gasteiger partial charge in [0.25, 0.3) is 5.91 Å². The number of nitrogens with one attached hydrogen (secondary N) is 1. The van der Waals surface area contributed by atoms with Crippen LogP contribution in [0.5, 0.6) is 11.5 Å². The molecule has 0 saturated carbocycles. The van der Waals surface area contributed by atoms with Crippen LogP contribution in [0.1, 0.15) is 5.56 Å². The Balaban J connectivity index is 1.83. The fourth-order valence-electron chi connectivity index (χ4n) is 1.51. The first-order valence-corrected chi connectivity index (χ1v) is 7.40. The molecule has 0 fully saturated rings. The standard InChI is InChI=1S/C15H12BrClN2O3/c16-11-1-6-14(20)10(7-11)8-18-19-15(21)9-22-13-4-2-12(17)3-5-13/h1-8,20H,9H2,(H,19,21). The van der Waals surface area contributed by atoms with Crippen LogP contribution in [-0.2, 0) is 4.79 Å². The third-order valence-corrected chi connectivity index (χ3v) is 3.31. The van der Waals surface area contributed by atoms with Gasteiger partial charge in [-0.25, -0.2) is 5.43 Å². The second kappa shape index (κ2) is 7.82. The third kappa shape index (κ3) is 5.05. The van der Waals surface area contributed by atoms with Gasteiger partial charge in [0.15, 0.2) is 6.61 Å². The lowest BCUT2D eigenvalue weighted by Crippen LogP contribution is -2.24. The van der Waals surface area contributed by atoms with Gasteiger partial charge >= 0.3 is 0 Å². The molecule has 0 unspecified atom stereocenters. The van der Waals surface area contributed by atoms with Gasteiger partial charge in [-0.2, -0.15) is 5.10 Å². The lowest BCUT2D eigenvalue weighted by molar-refractivity contribution is -0.123. The molecule has 114 valence electrons. The average Bonchev–Trinajstić information content (AvgIpc) is 2.50. The molecule has 2 N–H and O–H groups in total. The van der Waals surface area contributed by atoms with Crippen molar-refractivity contribution in [2.24, 2.45) is 5.10 Å². The summed E-state index contributed by atoms with van der Waals surface area (Å²) in [6, 6.07) is 11.6. The summed E-state index contributed by atoms with van der Waals surface area (Å²) in [6.45, 7) is -0.177. The molecule has 0 atom stereocenters. The van der Waals surface area contributed by atoms with Gasteiger partial charge in [0.05, 0.1) is 6.21 Å². The van der Waals surface area contributed by atoms with E-state index < -0.39 is 5.91 Å². The number of phenolic OH excluding ortho intramolecular Hbond substituents is 1. The molecule has 22 heavy (non-hydrogen) atoms. The van der Waals surface area contributed by atoms with Crippen molar-refractivity contribution in [1.29, 1.82) is 0 Å². The van der Waals surface area contributed by atoms with Crippen LogP contribution in [0, 0.1) is 0 Å². The van der Waals surface area contributed by atoms with Crippen LogP contribution in [0.15, 0.2) is 52.0 Å². The lowest BCUT2D eigenvalue weighted by atomic mass is 10.2. The number of carbonyl (C=O) groups is 1. The van der Waals surface area contributed by atoms with Crippen molar-refractivity contribution in [3.63, 3.8) is 0 Å². The second-order valence-electron chi connectivity index (χ2n) is 4.24. The summed E-state index contributed by atoms with van der Waals surface area (Å²) in [5.41, 5.74) is 2.79. The van der Waals surface area contributed by atoms with Crippen LogP contribution in [0.4, 0.5) is 0 Å². The molecule has 0 aromatic heterocycles. The van der Waals surface area contributed by atoms with E-state index in [0.717, 1.165) is 4.47 Å². The van der Waals surface area contributed by atoms with Crippen LogP contribution < -0.4 is 10.2 Å². The van der Waals surface area contributed by atoms with E-state index in [1.807, 2.05) is 0 Å². The van der Waals surface area contributed by atoms with Gasteiger partial charge in [-0.1, -0.05) is 27.5 Å². The van der Waals surface area contributed by atoms with Gasteiger partial charge in [-0.15, -0.1) is 0 Å². The fraction of sp³-hybridized carbons (Fsp3) is 0.0667. The minimum absolute atomic E-state index is 0.0682. The third-order valence-electron chi connectivity index (χ3n) is 2.57. The highest BCUT2D eigenvalue weighted by molar-refractivity contribution is 9.10. The number of halogens is 2. The monoisotopic (exact) mass is 382 g/mol. The van der Waals surface area contributed by atoms with Crippen molar-refractivity contribution >= 4 is 39.7 Å². The minimum atomic E-state index is -0.416. The summed E-state index contributed by atoms with van der Waals surface area (Å²) in [7, 11) is 0. The smallest absolute Gasteiger partial charge is 0.277 e. The van der Waals surface area contributed by atoms with Crippen molar-refractivity contribution in [1.82, 2.24) is 5.43 Å². The van der Waals surface area contributed by atoms with Gasteiger partial charge < -0.3 is 9.84 Å². The maximum absolute atomic E-state index is 11.6. The molecule has 0 heterocycles. The van der Waals surface area contributed by atoms with Gasteiger partial charge in [0.2, 0.25) is 0 Å². The van der Waals surface area contributed by atoms with E-state index in [2.05, 4.69) is 26.5 Å². The molecular formula is C15H12BrClN2O3. The van der Waals surface area contributed by atoms with E-state index >= 15 is 0 Å². The first kappa shape index (κ1) is 16.3. The van der Waals surface area contributed by atoms with Crippen LogP contribution >= 0.6 is 27.5 Å². The number of benzene rings is 2. The summed E-state index contributed by atoms with van der Waals surface area (Å²) in [5.74, 6) is 0.187. The minimum Gasteiger partial charge on any atom is -0.507 e. The molecular weight excluding hydrogens is 372 g/mol. The Labute approximate surface area is 140 Å². The van der Waals surface area contributed by atoms with E-state index in [9.17, 15) is 9.90 Å². The second-order valence-corrected chi connectivity index (χ2v) is 5.59. The normalized spacial score (nSPS) is 10.6. The number of amides is 1. The van der Waals surface area contributed by atoms with Gasteiger partial charge in [0, 0.05) is 15.1 Å². The largest absolute Gasteiger partial charge is 0.507 e. The van der Waals surface area contributed by atoms with E-state index in [0.29, 0.717) is 16.3 Å². The molecule has 0 spiro atoms. The van der Waals surface area contributed by atoms with Crippen molar-refractivity contribution in [3.05, 3.63) is 57.5 Å². The Kier molecular flexibility index (Phi) is 5.80. The number of phenols is 1. The van der Waals surface area contributed by atoms with Crippen molar-refractivity contribution in [2.45, 2.75) is 0 Å². The van der Waals surface area contributed by atoms with E-state index in [4.69, 9.17) is 16.3 Å². The zero-order valence-electron chi connectivity index (χ0n) is 11.3. The molecule has 0 aliphatic carbocycles. The van der Waals surface area contributed by atoms with Crippen LogP contribution in [0.3, 0.4) is 0 Å². The number of rotatable bonds is 5. The Morgan fingerprint density at radius 2 is 2.05 bits per heavy atom. The topological polar surface area (TPSA) is 70.9 Å². The van der Waals surface area contributed by atoms with Crippen molar-refractivity contribution in [2.75, 3.05) is 6.61 Å². The molecule has 5 nitrogen and oxygen atoms in total. The Bertz CT molecular complexity index is 690. The summed E-state index contributed by atoms with van der Waals surface area (Å²) < 4.78 is 6.06. The molecule has 0 radical (unpaired) electrons. The summed E-state index contributed by atoms with van der Waals surface area (Å²) in [6.07, 6.45) is 1.35. The maximum Gasteiger partial charge on any atom is 0.277 e. The average molecular weight is 384 g/mol. The fourth-order valence-corrected chi connectivity index (χ4v) is 2.02. The highest BCUT2D eigenvalue weighted by Crippen LogP contribution is 2.20. The molecule has 0 saturated heterocycles. The van der Waals surface area contributed by atoms with Crippen LogP contribution in [0.2, 0.25) is 5.02 Å². The number of hydrazone groups is 1. The number of nitrogens with zero attached hydrogens (tertiary/aromatic N) is 1. The predicted octanol–water partition coefficient (Wildman–Crippen LogP) is 3.34. The summed E-state index contributed by atoms with van der Waals surface area (Å²) in [5, 5.41) is 14.0. The SMILES string of the molecule is O=C(COc1ccc(Cl)cc1)NN=Cc1cc(Br)ccc1O. The maximum atomic E-state index is 11.6. The number of carbonyl (C=O) groups excluding carboxylic acids is 1. The van der Waals surface area contributed by atoms with E-state index in [1.54, 1.807) is 36.4 Å². The van der Waals surface area contributed by atoms with Gasteiger partial charge in [-0.05, 0) is 42.5 Å². The van der Waals surface area contributed by atoms with Crippen LogP contribution in [-0.4, -0.2) is 23.8 Å². The summed E-state index contributed by atoms with van der Waals surface area (Å²) in [4.78, 5) is 11.6. The van der Waals surface area contributed by atoms with Gasteiger partial charge in [-0.3, -0.25) is 4.79 Å².